The fraction of sp³-hybridized carbons (Fsp3) is 0.882. The zero-order valence-electron chi connectivity index (χ0n) is 12.8. The van der Waals surface area contributed by atoms with E-state index < -0.39 is 0 Å². The Morgan fingerprint density at radius 3 is 3.05 bits per heavy atom. The fourth-order valence-electron chi connectivity index (χ4n) is 5.57. The van der Waals surface area contributed by atoms with E-state index >= 15 is 0 Å². The molecule has 2 heterocycles. The minimum absolute atomic E-state index is 0.0904. The monoisotopic (exact) mass is 293 g/mol. The van der Waals surface area contributed by atoms with Crippen LogP contribution in [0, 0.1) is 23.2 Å². The van der Waals surface area contributed by atoms with Crippen LogP contribution in [0.3, 0.4) is 0 Å². The highest BCUT2D eigenvalue weighted by Crippen LogP contribution is 2.59. The number of rotatable bonds is 1. The molecule has 2 aliphatic carbocycles. The van der Waals surface area contributed by atoms with Crippen molar-refractivity contribution in [1.29, 1.82) is 0 Å². The number of likely N-dealkylation sites (tertiary alicyclic amines) is 1. The van der Waals surface area contributed by atoms with E-state index in [2.05, 4.69) is 18.0 Å². The van der Waals surface area contributed by atoms with Gasteiger partial charge in [0.15, 0.2) is 0 Å². The average Bonchev–Trinajstić information content (AvgIpc) is 2.72. The molecule has 4 nitrogen and oxygen atoms in total. The van der Waals surface area contributed by atoms with Crippen LogP contribution in [0.2, 0.25) is 0 Å². The summed E-state index contributed by atoms with van der Waals surface area (Å²) in [5, 5.41) is 19.8. The first-order valence-corrected chi connectivity index (χ1v) is 8.46. The van der Waals surface area contributed by atoms with Gasteiger partial charge in [-0.25, -0.2) is 0 Å². The number of nitrogens with zero attached hydrogens (tertiary/aromatic N) is 1. The lowest BCUT2D eigenvalue weighted by molar-refractivity contribution is -0.0599. The molecule has 0 radical (unpaired) electrons. The molecule has 118 valence electrons. The van der Waals surface area contributed by atoms with Gasteiger partial charge >= 0.3 is 0 Å². The Morgan fingerprint density at radius 2 is 2.24 bits per heavy atom. The normalized spacial score (nSPS) is 53.1. The van der Waals surface area contributed by atoms with Crippen molar-refractivity contribution < 1.29 is 14.9 Å². The molecule has 1 saturated carbocycles. The number of hydrogen-bond donors (Lipinski definition) is 2. The molecule has 0 aromatic carbocycles. The Kier molecular flexibility index (Phi) is 3.41. The van der Waals surface area contributed by atoms with Crippen LogP contribution in [0.25, 0.3) is 0 Å². The van der Waals surface area contributed by atoms with Crippen molar-refractivity contribution in [3.05, 3.63) is 12.2 Å². The summed E-state index contributed by atoms with van der Waals surface area (Å²) in [7, 11) is 2.22. The second-order valence-corrected chi connectivity index (χ2v) is 7.68. The van der Waals surface area contributed by atoms with Gasteiger partial charge in [-0.1, -0.05) is 12.2 Å². The van der Waals surface area contributed by atoms with Crippen LogP contribution in [0.15, 0.2) is 12.2 Å². The lowest BCUT2D eigenvalue weighted by Crippen LogP contribution is -2.46. The summed E-state index contributed by atoms with van der Waals surface area (Å²) in [5.41, 5.74) is 0.0904. The Labute approximate surface area is 126 Å². The standard InChI is InChI=1S/C17H27NO3/c1-18-7-6-17-5-4-13(20)8-14(17)21-16-12(10-19)3-2-11(9-18)15(16)17/h4-5,11-16,19-20H,2-3,6-10H2,1H3/t11?,12?,13-,14-,15?,16?,17?/m0/s1. The maximum atomic E-state index is 10.0. The van der Waals surface area contributed by atoms with E-state index in [1.807, 2.05) is 6.08 Å². The van der Waals surface area contributed by atoms with Crippen molar-refractivity contribution in [2.45, 2.75) is 44.0 Å². The molecule has 4 heteroatoms. The summed E-state index contributed by atoms with van der Waals surface area (Å²) >= 11 is 0. The summed E-state index contributed by atoms with van der Waals surface area (Å²) in [4.78, 5) is 2.46. The fourth-order valence-corrected chi connectivity index (χ4v) is 5.57. The summed E-state index contributed by atoms with van der Waals surface area (Å²) < 4.78 is 6.45. The molecule has 1 spiro atoms. The molecule has 0 aromatic rings. The molecular weight excluding hydrogens is 266 g/mol. The lowest BCUT2D eigenvalue weighted by Gasteiger charge is -2.44. The molecule has 2 aliphatic heterocycles. The minimum Gasteiger partial charge on any atom is -0.396 e. The molecule has 4 aliphatic rings. The van der Waals surface area contributed by atoms with Gasteiger partial charge in [0.05, 0.1) is 18.3 Å². The van der Waals surface area contributed by atoms with Crippen LogP contribution >= 0.6 is 0 Å². The molecule has 4 rings (SSSR count). The summed E-state index contributed by atoms with van der Waals surface area (Å²) in [6.07, 6.45) is 8.33. The first kappa shape index (κ1) is 14.2. The van der Waals surface area contributed by atoms with Gasteiger partial charge in [-0.05, 0) is 38.8 Å². The summed E-state index contributed by atoms with van der Waals surface area (Å²) in [5.74, 6) is 1.46. The van der Waals surface area contributed by atoms with Gasteiger partial charge in [0.25, 0.3) is 0 Å². The van der Waals surface area contributed by atoms with Crippen LogP contribution in [0.4, 0.5) is 0 Å². The molecule has 2 saturated heterocycles. The smallest absolute Gasteiger partial charge is 0.0746 e. The van der Waals surface area contributed by atoms with Crippen molar-refractivity contribution in [3.8, 4) is 0 Å². The first-order valence-electron chi connectivity index (χ1n) is 8.46. The molecule has 0 amide bonds. The van der Waals surface area contributed by atoms with Crippen molar-refractivity contribution in [3.63, 3.8) is 0 Å². The molecule has 7 atom stereocenters. The lowest BCUT2D eigenvalue weighted by atomic mass is 9.58. The molecule has 2 N–H and O–H groups in total. The van der Waals surface area contributed by atoms with E-state index in [0.29, 0.717) is 11.8 Å². The van der Waals surface area contributed by atoms with Gasteiger partial charge in [0, 0.05) is 36.8 Å². The molecule has 0 bridgehead atoms. The van der Waals surface area contributed by atoms with E-state index in [4.69, 9.17) is 4.74 Å². The Morgan fingerprint density at radius 1 is 1.38 bits per heavy atom. The van der Waals surface area contributed by atoms with E-state index in [-0.39, 0.29) is 36.3 Å². The van der Waals surface area contributed by atoms with Crippen LogP contribution in [0.1, 0.15) is 25.7 Å². The van der Waals surface area contributed by atoms with Crippen LogP contribution in [-0.4, -0.2) is 60.2 Å². The van der Waals surface area contributed by atoms with Crippen molar-refractivity contribution in [1.82, 2.24) is 4.90 Å². The van der Waals surface area contributed by atoms with E-state index in [9.17, 15) is 10.2 Å². The third kappa shape index (κ3) is 2.03. The Balaban J connectivity index is 1.76. The zero-order valence-corrected chi connectivity index (χ0v) is 12.8. The topological polar surface area (TPSA) is 52.9 Å². The Bertz CT molecular complexity index is 440. The zero-order chi connectivity index (χ0) is 14.6. The minimum atomic E-state index is -0.368. The van der Waals surface area contributed by atoms with E-state index in [0.717, 1.165) is 32.4 Å². The van der Waals surface area contributed by atoms with Gasteiger partial charge in [-0.3, -0.25) is 0 Å². The molecule has 0 aromatic heterocycles. The van der Waals surface area contributed by atoms with Gasteiger partial charge in [0.2, 0.25) is 0 Å². The van der Waals surface area contributed by atoms with E-state index in [1.165, 1.54) is 6.42 Å². The quantitative estimate of drug-likeness (QED) is 0.709. The maximum absolute atomic E-state index is 10.0. The largest absolute Gasteiger partial charge is 0.396 e. The summed E-state index contributed by atoms with van der Waals surface area (Å²) in [6, 6.07) is 0. The van der Waals surface area contributed by atoms with Crippen molar-refractivity contribution in [2.24, 2.45) is 23.2 Å². The molecular formula is C17H27NO3. The van der Waals surface area contributed by atoms with Crippen LogP contribution in [0.5, 0.6) is 0 Å². The predicted octanol–water partition coefficient (Wildman–Crippen LogP) is 1.03. The van der Waals surface area contributed by atoms with E-state index in [1.54, 1.807) is 0 Å². The number of ether oxygens (including phenoxy) is 1. The third-order valence-corrected chi connectivity index (χ3v) is 6.57. The highest BCUT2D eigenvalue weighted by Gasteiger charge is 2.61. The first-order chi connectivity index (χ1) is 10.1. The SMILES string of the molecule is CN1CCC23C=C[C@H](O)C[C@@H]2OC2C(CO)CCC(C1)C23. The number of aliphatic hydroxyl groups excluding tert-OH is 2. The number of aliphatic hydroxyl groups is 2. The maximum Gasteiger partial charge on any atom is 0.0746 e. The highest BCUT2D eigenvalue weighted by molar-refractivity contribution is 5.21. The second kappa shape index (κ2) is 5.05. The average molecular weight is 293 g/mol. The van der Waals surface area contributed by atoms with Gasteiger partial charge < -0.3 is 19.8 Å². The van der Waals surface area contributed by atoms with Gasteiger partial charge in [-0.2, -0.15) is 0 Å². The number of hydrogen-bond acceptors (Lipinski definition) is 4. The Hall–Kier alpha value is -0.420. The highest BCUT2D eigenvalue weighted by atomic mass is 16.5. The van der Waals surface area contributed by atoms with Crippen molar-refractivity contribution in [2.75, 3.05) is 26.7 Å². The molecule has 21 heavy (non-hydrogen) atoms. The van der Waals surface area contributed by atoms with Crippen molar-refractivity contribution >= 4 is 0 Å². The van der Waals surface area contributed by atoms with Crippen LogP contribution < -0.4 is 0 Å². The van der Waals surface area contributed by atoms with Crippen LogP contribution in [-0.2, 0) is 4.74 Å². The second-order valence-electron chi connectivity index (χ2n) is 7.68. The summed E-state index contributed by atoms with van der Waals surface area (Å²) in [6.45, 7) is 2.48. The molecule has 3 fully saturated rings. The molecule has 5 unspecified atom stereocenters. The van der Waals surface area contributed by atoms with Gasteiger partial charge in [0.1, 0.15) is 0 Å². The van der Waals surface area contributed by atoms with Gasteiger partial charge in [-0.15, -0.1) is 0 Å². The predicted molar refractivity (Wildman–Crippen MR) is 79.8 cm³/mol. The third-order valence-electron chi connectivity index (χ3n) is 6.57.